The highest BCUT2D eigenvalue weighted by Crippen LogP contribution is 2.39. The molecular weight excluding hydrogens is 388 g/mol. The van der Waals surface area contributed by atoms with Crippen molar-refractivity contribution in [1.29, 1.82) is 0 Å². The SMILES string of the molecule is CCCN1C(=S)N[C@@H](c2ccccn2)[C@H]1c1cccn1-c1ccc(Cl)c(C)c1. The molecule has 28 heavy (non-hydrogen) atoms. The fraction of sp³-hybridized carbons (Fsp3) is 0.273. The van der Waals surface area contributed by atoms with Gasteiger partial charge in [0.25, 0.3) is 0 Å². The number of nitrogens with one attached hydrogen (secondary N) is 1. The Kier molecular flexibility index (Phi) is 5.38. The maximum Gasteiger partial charge on any atom is 0.170 e. The minimum atomic E-state index is 0.00213. The number of benzene rings is 1. The van der Waals surface area contributed by atoms with Gasteiger partial charge in [0.15, 0.2) is 5.11 Å². The van der Waals surface area contributed by atoms with Crippen LogP contribution in [0.15, 0.2) is 60.9 Å². The van der Waals surface area contributed by atoms with Crippen LogP contribution in [0.5, 0.6) is 0 Å². The molecule has 0 spiro atoms. The van der Waals surface area contributed by atoms with E-state index >= 15 is 0 Å². The maximum absolute atomic E-state index is 6.24. The van der Waals surface area contributed by atoms with Gasteiger partial charge in [0.1, 0.15) is 0 Å². The number of thiocarbonyl (C=S) groups is 1. The zero-order valence-electron chi connectivity index (χ0n) is 16.0. The molecule has 3 aromatic rings. The monoisotopic (exact) mass is 410 g/mol. The van der Waals surface area contributed by atoms with Crippen LogP contribution < -0.4 is 5.32 Å². The highest BCUT2D eigenvalue weighted by atomic mass is 35.5. The molecule has 1 aromatic carbocycles. The fourth-order valence-electron chi connectivity index (χ4n) is 3.86. The van der Waals surface area contributed by atoms with Gasteiger partial charge < -0.3 is 14.8 Å². The van der Waals surface area contributed by atoms with Gasteiger partial charge in [-0.25, -0.2) is 0 Å². The van der Waals surface area contributed by atoms with Crippen LogP contribution in [0.1, 0.15) is 42.4 Å². The number of aromatic nitrogens is 2. The lowest BCUT2D eigenvalue weighted by molar-refractivity contribution is 0.309. The molecule has 2 atom stereocenters. The quantitative estimate of drug-likeness (QED) is 0.585. The van der Waals surface area contributed by atoms with Crippen LogP contribution in [0.25, 0.3) is 5.69 Å². The fourth-order valence-corrected chi connectivity index (χ4v) is 4.31. The molecule has 0 amide bonds. The summed E-state index contributed by atoms with van der Waals surface area (Å²) in [6.07, 6.45) is 4.95. The molecule has 1 aliphatic rings. The van der Waals surface area contributed by atoms with Crippen molar-refractivity contribution >= 4 is 28.9 Å². The van der Waals surface area contributed by atoms with Crippen molar-refractivity contribution in [2.24, 2.45) is 0 Å². The number of rotatable bonds is 5. The lowest BCUT2D eigenvalue weighted by Crippen LogP contribution is -2.31. The van der Waals surface area contributed by atoms with Gasteiger partial charge in [-0.15, -0.1) is 0 Å². The van der Waals surface area contributed by atoms with Crippen LogP contribution in [0, 0.1) is 6.92 Å². The standard InChI is InChI=1S/C22H23ClN4S/c1-3-12-27-21(20(25-22(27)28)18-7-4-5-11-24-18)19-8-6-13-26(19)16-9-10-17(23)15(2)14-16/h4-11,13-14,20-21H,3,12H2,1-2H3,(H,25,28)/t20-,21+/m0/s1. The predicted molar refractivity (Wildman–Crippen MR) is 118 cm³/mol. The average molecular weight is 411 g/mol. The molecule has 1 saturated heterocycles. The Morgan fingerprint density at radius 2 is 2.04 bits per heavy atom. The summed E-state index contributed by atoms with van der Waals surface area (Å²) in [5.41, 5.74) is 4.33. The number of nitrogens with zero attached hydrogens (tertiary/aromatic N) is 3. The van der Waals surface area contributed by atoms with E-state index in [4.69, 9.17) is 23.8 Å². The van der Waals surface area contributed by atoms with Crippen molar-refractivity contribution in [1.82, 2.24) is 19.8 Å². The van der Waals surface area contributed by atoms with Gasteiger partial charge in [-0.3, -0.25) is 4.98 Å². The molecule has 0 bridgehead atoms. The van der Waals surface area contributed by atoms with Gasteiger partial charge in [0, 0.05) is 35.3 Å². The zero-order chi connectivity index (χ0) is 19.7. The first kappa shape index (κ1) is 19.0. The van der Waals surface area contributed by atoms with Crippen molar-refractivity contribution < 1.29 is 0 Å². The molecule has 2 aromatic heterocycles. The third-order valence-corrected chi connectivity index (χ3v) is 5.94. The van der Waals surface area contributed by atoms with Gasteiger partial charge in [-0.1, -0.05) is 24.6 Å². The van der Waals surface area contributed by atoms with Gasteiger partial charge in [0.05, 0.1) is 17.8 Å². The molecule has 0 radical (unpaired) electrons. The minimum absolute atomic E-state index is 0.00213. The van der Waals surface area contributed by atoms with Crippen molar-refractivity contribution in [2.45, 2.75) is 32.4 Å². The number of pyridine rings is 1. The molecule has 4 rings (SSSR count). The second-order valence-electron chi connectivity index (χ2n) is 7.06. The summed E-state index contributed by atoms with van der Waals surface area (Å²) in [5, 5.41) is 5.06. The Balaban J connectivity index is 1.81. The number of hydrogen-bond donors (Lipinski definition) is 1. The first-order valence-corrected chi connectivity index (χ1v) is 10.3. The molecule has 3 heterocycles. The summed E-state index contributed by atoms with van der Waals surface area (Å²) in [7, 11) is 0. The summed E-state index contributed by atoms with van der Waals surface area (Å²) in [6, 6.07) is 16.5. The Morgan fingerprint density at radius 3 is 2.75 bits per heavy atom. The van der Waals surface area contributed by atoms with E-state index in [1.165, 1.54) is 5.69 Å². The van der Waals surface area contributed by atoms with Crippen molar-refractivity contribution in [3.05, 3.63) is 82.9 Å². The zero-order valence-corrected chi connectivity index (χ0v) is 17.5. The van der Waals surface area contributed by atoms with E-state index in [9.17, 15) is 0 Å². The molecule has 0 unspecified atom stereocenters. The first-order valence-electron chi connectivity index (χ1n) is 9.52. The van der Waals surface area contributed by atoms with Crippen molar-refractivity contribution in [3.63, 3.8) is 0 Å². The van der Waals surface area contributed by atoms with Crippen LogP contribution in [0.2, 0.25) is 5.02 Å². The lowest BCUT2D eigenvalue weighted by atomic mass is 10.0. The van der Waals surface area contributed by atoms with Crippen molar-refractivity contribution in [2.75, 3.05) is 6.54 Å². The Bertz CT molecular complexity index is 985. The summed E-state index contributed by atoms with van der Waals surface area (Å²) >= 11 is 11.9. The molecule has 0 aliphatic carbocycles. The molecule has 4 nitrogen and oxygen atoms in total. The predicted octanol–water partition coefficient (Wildman–Crippen LogP) is 5.22. The maximum atomic E-state index is 6.24. The van der Waals surface area contributed by atoms with E-state index < -0.39 is 0 Å². The van der Waals surface area contributed by atoms with Gasteiger partial charge in [-0.2, -0.15) is 0 Å². The van der Waals surface area contributed by atoms with Crippen LogP contribution in [-0.4, -0.2) is 26.1 Å². The summed E-state index contributed by atoms with van der Waals surface area (Å²) in [5.74, 6) is 0. The third kappa shape index (κ3) is 3.40. The molecule has 0 saturated carbocycles. The van der Waals surface area contributed by atoms with Gasteiger partial charge >= 0.3 is 0 Å². The minimum Gasteiger partial charge on any atom is -0.352 e. The lowest BCUT2D eigenvalue weighted by Gasteiger charge is -2.28. The summed E-state index contributed by atoms with van der Waals surface area (Å²) < 4.78 is 2.22. The molecule has 144 valence electrons. The Hall–Kier alpha value is -2.37. The second-order valence-corrected chi connectivity index (χ2v) is 7.85. The largest absolute Gasteiger partial charge is 0.352 e. The van der Waals surface area contributed by atoms with E-state index in [1.54, 1.807) is 0 Å². The van der Waals surface area contributed by atoms with Gasteiger partial charge in [-0.05, 0) is 73.6 Å². The molecule has 1 aliphatic heterocycles. The number of halogens is 1. The van der Waals surface area contributed by atoms with Gasteiger partial charge in [0.2, 0.25) is 0 Å². The molecule has 6 heteroatoms. The smallest absolute Gasteiger partial charge is 0.170 e. The van der Waals surface area contributed by atoms with Crippen LogP contribution >= 0.6 is 23.8 Å². The van der Waals surface area contributed by atoms with Crippen molar-refractivity contribution in [3.8, 4) is 5.69 Å². The van der Waals surface area contributed by atoms with Crippen LogP contribution in [0.3, 0.4) is 0 Å². The molecule has 1 fully saturated rings. The normalized spacial score (nSPS) is 19.1. The second kappa shape index (κ2) is 7.94. The number of hydrogen-bond acceptors (Lipinski definition) is 2. The molecular formula is C22H23ClN4S. The van der Waals surface area contributed by atoms with Crippen LogP contribution in [-0.2, 0) is 0 Å². The topological polar surface area (TPSA) is 33.1 Å². The van der Waals surface area contributed by atoms with Crippen LogP contribution in [0.4, 0.5) is 0 Å². The third-order valence-electron chi connectivity index (χ3n) is 5.17. The highest BCUT2D eigenvalue weighted by Gasteiger charge is 2.40. The van der Waals surface area contributed by atoms with E-state index in [0.717, 1.165) is 40.0 Å². The summed E-state index contributed by atoms with van der Waals surface area (Å²) in [4.78, 5) is 6.88. The summed E-state index contributed by atoms with van der Waals surface area (Å²) in [6.45, 7) is 5.10. The highest BCUT2D eigenvalue weighted by molar-refractivity contribution is 7.80. The van der Waals surface area contributed by atoms with E-state index in [1.807, 2.05) is 31.3 Å². The van der Waals surface area contributed by atoms with E-state index in [-0.39, 0.29) is 12.1 Å². The van der Waals surface area contributed by atoms with E-state index in [2.05, 4.69) is 63.2 Å². The Labute approximate surface area is 176 Å². The Morgan fingerprint density at radius 1 is 1.18 bits per heavy atom. The number of aryl methyl sites for hydroxylation is 1. The average Bonchev–Trinajstić information content (AvgIpc) is 3.30. The first-order chi connectivity index (χ1) is 13.6. The molecule has 1 N–H and O–H groups in total. The van der Waals surface area contributed by atoms with E-state index in [0.29, 0.717) is 0 Å².